The number of aryl methyl sites for hydroxylation is 1. The Labute approximate surface area is 140 Å². The van der Waals surface area contributed by atoms with Gasteiger partial charge in [-0.2, -0.15) is 0 Å². The molecule has 1 aliphatic rings. The summed E-state index contributed by atoms with van der Waals surface area (Å²) in [6.07, 6.45) is 3.79. The van der Waals surface area contributed by atoms with Gasteiger partial charge in [0.25, 0.3) is 0 Å². The highest BCUT2D eigenvalue weighted by molar-refractivity contribution is 5.93. The van der Waals surface area contributed by atoms with E-state index in [2.05, 4.69) is 10.3 Å². The molecule has 1 N–H and O–H groups in total. The maximum absolute atomic E-state index is 12.1. The topological polar surface area (TPSA) is 55.1 Å². The molecule has 1 fully saturated rings. The summed E-state index contributed by atoms with van der Waals surface area (Å²) in [6, 6.07) is 13.9. The van der Waals surface area contributed by atoms with Crippen LogP contribution in [0.4, 0.5) is 5.69 Å². The Hall–Kier alpha value is -2.62. The summed E-state index contributed by atoms with van der Waals surface area (Å²) in [5.74, 6) is 1.02. The second kappa shape index (κ2) is 6.11. The van der Waals surface area contributed by atoms with Crippen LogP contribution in [0.1, 0.15) is 36.3 Å². The number of amides is 1. The number of hydrogen-bond donors (Lipinski definition) is 1. The number of hydrogen-bond acceptors (Lipinski definition) is 3. The van der Waals surface area contributed by atoms with E-state index < -0.39 is 0 Å². The number of rotatable bonds is 4. The Balaban J connectivity index is 1.50. The monoisotopic (exact) mass is 320 g/mol. The highest BCUT2D eigenvalue weighted by atomic mass is 16.3. The van der Waals surface area contributed by atoms with Crippen molar-refractivity contribution in [2.45, 2.75) is 32.6 Å². The number of oxazole rings is 1. The number of nitrogens with zero attached hydrogens (tertiary/aromatic N) is 1. The van der Waals surface area contributed by atoms with Crippen molar-refractivity contribution in [3.05, 3.63) is 59.5 Å². The van der Waals surface area contributed by atoms with Crippen LogP contribution in [0.15, 0.2) is 46.9 Å². The average Bonchev–Trinajstić information content (AvgIpc) is 2.86. The minimum absolute atomic E-state index is 0.135. The molecule has 4 nitrogen and oxygen atoms in total. The van der Waals surface area contributed by atoms with E-state index in [0.29, 0.717) is 12.3 Å². The zero-order chi connectivity index (χ0) is 16.5. The lowest BCUT2D eigenvalue weighted by molar-refractivity contribution is -0.122. The standard InChI is InChI=1S/C20H20N2O2/c1-13-8-9-18-17(10-13)22-19(24-18)12-14-4-2-7-16(11-14)21-20(23)15-5-3-6-15/h2,4,7-11,15H,3,5-6,12H2,1H3,(H,21,23). The molecule has 0 radical (unpaired) electrons. The fourth-order valence-corrected chi connectivity index (χ4v) is 3.01. The number of nitrogens with one attached hydrogen (secondary N) is 1. The third kappa shape index (κ3) is 3.04. The molecule has 0 bridgehead atoms. The van der Waals surface area contributed by atoms with Gasteiger partial charge < -0.3 is 9.73 Å². The summed E-state index contributed by atoms with van der Waals surface area (Å²) in [5, 5.41) is 3.01. The molecule has 1 heterocycles. The molecular formula is C20H20N2O2. The van der Waals surface area contributed by atoms with Crippen LogP contribution in [-0.2, 0) is 11.2 Å². The highest BCUT2D eigenvalue weighted by Crippen LogP contribution is 2.28. The number of carbonyl (C=O) groups is 1. The van der Waals surface area contributed by atoms with Gasteiger partial charge in [0.2, 0.25) is 5.91 Å². The molecule has 0 unspecified atom stereocenters. The molecule has 0 atom stereocenters. The van der Waals surface area contributed by atoms with Gasteiger partial charge in [-0.15, -0.1) is 0 Å². The minimum atomic E-state index is 0.135. The zero-order valence-corrected chi connectivity index (χ0v) is 13.7. The van der Waals surface area contributed by atoms with E-state index in [0.717, 1.165) is 41.6 Å². The molecule has 1 aliphatic carbocycles. The van der Waals surface area contributed by atoms with Gasteiger partial charge in [-0.1, -0.05) is 24.6 Å². The summed E-state index contributed by atoms with van der Waals surface area (Å²) >= 11 is 0. The first-order valence-corrected chi connectivity index (χ1v) is 8.43. The van der Waals surface area contributed by atoms with E-state index in [9.17, 15) is 4.79 Å². The van der Waals surface area contributed by atoms with Crippen LogP contribution in [0, 0.1) is 12.8 Å². The van der Waals surface area contributed by atoms with E-state index in [1.165, 1.54) is 5.56 Å². The lowest BCUT2D eigenvalue weighted by atomic mass is 9.85. The number of anilines is 1. The van der Waals surface area contributed by atoms with Crippen molar-refractivity contribution in [3.63, 3.8) is 0 Å². The van der Waals surface area contributed by atoms with Gasteiger partial charge in [0.05, 0.1) is 0 Å². The molecular weight excluding hydrogens is 300 g/mol. The quantitative estimate of drug-likeness (QED) is 0.772. The summed E-state index contributed by atoms with van der Waals surface area (Å²) in [7, 11) is 0. The lowest BCUT2D eigenvalue weighted by Gasteiger charge is -2.24. The Bertz CT molecular complexity index is 894. The smallest absolute Gasteiger partial charge is 0.227 e. The first kappa shape index (κ1) is 14.9. The van der Waals surface area contributed by atoms with Crippen molar-refractivity contribution in [1.82, 2.24) is 4.98 Å². The van der Waals surface area contributed by atoms with Crippen LogP contribution in [0.2, 0.25) is 0 Å². The highest BCUT2D eigenvalue weighted by Gasteiger charge is 2.25. The van der Waals surface area contributed by atoms with Crippen LogP contribution in [-0.4, -0.2) is 10.9 Å². The van der Waals surface area contributed by atoms with Crippen LogP contribution in [0.25, 0.3) is 11.1 Å². The Morgan fingerprint density at radius 1 is 1.25 bits per heavy atom. The van der Waals surface area contributed by atoms with Crippen molar-refractivity contribution in [3.8, 4) is 0 Å². The maximum atomic E-state index is 12.1. The molecule has 0 saturated heterocycles. The summed E-state index contributed by atoms with van der Waals surface area (Å²) < 4.78 is 5.81. The molecule has 122 valence electrons. The zero-order valence-electron chi connectivity index (χ0n) is 13.7. The minimum Gasteiger partial charge on any atom is -0.440 e. The normalized spacial score (nSPS) is 14.5. The number of fused-ring (bicyclic) bond motifs is 1. The molecule has 0 aliphatic heterocycles. The van der Waals surface area contributed by atoms with Crippen LogP contribution >= 0.6 is 0 Å². The largest absolute Gasteiger partial charge is 0.440 e. The Morgan fingerprint density at radius 3 is 2.92 bits per heavy atom. The SMILES string of the molecule is Cc1ccc2oc(Cc3cccc(NC(=O)C4CCC4)c3)nc2c1. The fraction of sp³-hybridized carbons (Fsp3) is 0.300. The van der Waals surface area contributed by atoms with Crippen LogP contribution in [0.3, 0.4) is 0 Å². The van der Waals surface area contributed by atoms with Gasteiger partial charge in [0, 0.05) is 18.0 Å². The van der Waals surface area contributed by atoms with E-state index in [1.807, 2.05) is 49.4 Å². The van der Waals surface area contributed by atoms with Gasteiger partial charge in [-0.3, -0.25) is 4.79 Å². The van der Waals surface area contributed by atoms with E-state index in [4.69, 9.17) is 4.42 Å². The van der Waals surface area contributed by atoms with Crippen molar-refractivity contribution < 1.29 is 9.21 Å². The third-order valence-corrected chi connectivity index (χ3v) is 4.61. The van der Waals surface area contributed by atoms with Crippen LogP contribution in [0.5, 0.6) is 0 Å². The first-order chi connectivity index (χ1) is 11.7. The molecule has 1 aromatic heterocycles. The molecule has 4 rings (SSSR count). The molecule has 4 heteroatoms. The van der Waals surface area contributed by atoms with Gasteiger partial charge >= 0.3 is 0 Å². The second-order valence-corrected chi connectivity index (χ2v) is 6.57. The van der Waals surface area contributed by atoms with Gasteiger partial charge in [0.1, 0.15) is 5.52 Å². The Morgan fingerprint density at radius 2 is 2.12 bits per heavy atom. The van der Waals surface area contributed by atoms with Crippen LogP contribution < -0.4 is 5.32 Å². The molecule has 0 spiro atoms. The van der Waals surface area contributed by atoms with Gasteiger partial charge in [0.15, 0.2) is 11.5 Å². The first-order valence-electron chi connectivity index (χ1n) is 8.43. The molecule has 1 saturated carbocycles. The van der Waals surface area contributed by atoms with Crippen molar-refractivity contribution >= 4 is 22.7 Å². The van der Waals surface area contributed by atoms with Crippen molar-refractivity contribution in [2.24, 2.45) is 5.92 Å². The predicted molar refractivity (Wildman–Crippen MR) is 94.0 cm³/mol. The van der Waals surface area contributed by atoms with E-state index >= 15 is 0 Å². The molecule has 2 aromatic carbocycles. The second-order valence-electron chi connectivity index (χ2n) is 6.57. The predicted octanol–water partition coefficient (Wildman–Crippen LogP) is 4.47. The molecule has 24 heavy (non-hydrogen) atoms. The van der Waals surface area contributed by atoms with E-state index in [1.54, 1.807) is 0 Å². The number of carbonyl (C=O) groups excluding carboxylic acids is 1. The maximum Gasteiger partial charge on any atom is 0.227 e. The average molecular weight is 320 g/mol. The number of benzene rings is 2. The number of aromatic nitrogens is 1. The van der Waals surface area contributed by atoms with E-state index in [-0.39, 0.29) is 11.8 Å². The summed E-state index contributed by atoms with van der Waals surface area (Å²) in [5.41, 5.74) is 4.79. The van der Waals surface area contributed by atoms with Gasteiger partial charge in [-0.05, 0) is 55.2 Å². The molecule has 3 aromatic rings. The van der Waals surface area contributed by atoms with Crippen molar-refractivity contribution in [2.75, 3.05) is 5.32 Å². The molecule has 1 amide bonds. The summed E-state index contributed by atoms with van der Waals surface area (Å²) in [4.78, 5) is 16.6. The summed E-state index contributed by atoms with van der Waals surface area (Å²) in [6.45, 7) is 2.04. The van der Waals surface area contributed by atoms with Gasteiger partial charge in [-0.25, -0.2) is 4.98 Å². The van der Waals surface area contributed by atoms with Crippen molar-refractivity contribution in [1.29, 1.82) is 0 Å². The third-order valence-electron chi connectivity index (χ3n) is 4.61. The lowest BCUT2D eigenvalue weighted by Crippen LogP contribution is -2.28. The fourth-order valence-electron chi connectivity index (χ4n) is 3.01. The Kier molecular flexibility index (Phi) is 3.81.